The fraction of sp³-hybridized carbons (Fsp3) is 0.172. The fourth-order valence-electron chi connectivity index (χ4n) is 4.62. The quantitative estimate of drug-likeness (QED) is 0.431. The Balaban J connectivity index is 1.80. The summed E-state index contributed by atoms with van der Waals surface area (Å²) in [5.74, 6) is 0. The SMILES string of the molecule is CCc1c(C2=C(C)C3=CC=CC[C@H]3Sc3ccccc32)c#ccc1-c1ccccc1. The Morgan fingerprint density at radius 2 is 1.80 bits per heavy atom. The number of hydrogen-bond donors (Lipinski definition) is 0. The van der Waals surface area contributed by atoms with E-state index in [1.807, 2.05) is 11.8 Å². The van der Waals surface area contributed by atoms with E-state index < -0.39 is 0 Å². The van der Waals surface area contributed by atoms with Gasteiger partial charge in [-0.05, 0) is 65.3 Å². The van der Waals surface area contributed by atoms with Gasteiger partial charge in [-0.15, -0.1) is 11.8 Å². The van der Waals surface area contributed by atoms with Crippen molar-refractivity contribution in [3.63, 3.8) is 0 Å². The molecule has 0 bridgehead atoms. The predicted molar refractivity (Wildman–Crippen MR) is 129 cm³/mol. The predicted octanol–water partition coefficient (Wildman–Crippen LogP) is 7.70. The van der Waals surface area contributed by atoms with Crippen LogP contribution in [0.3, 0.4) is 0 Å². The van der Waals surface area contributed by atoms with Crippen molar-refractivity contribution in [2.24, 2.45) is 0 Å². The molecule has 1 aliphatic carbocycles. The Bertz CT molecular complexity index is 1180. The molecule has 0 spiro atoms. The first kappa shape index (κ1) is 19.0. The molecule has 0 unspecified atom stereocenters. The van der Waals surface area contributed by atoms with Crippen LogP contribution in [0.5, 0.6) is 0 Å². The summed E-state index contributed by atoms with van der Waals surface area (Å²) >= 11 is 1.99. The number of fused-ring (bicyclic) bond motifs is 2. The van der Waals surface area contributed by atoms with Crippen LogP contribution in [0.15, 0.2) is 94.9 Å². The lowest BCUT2D eigenvalue weighted by Crippen LogP contribution is -2.09. The van der Waals surface area contributed by atoms with E-state index in [-0.39, 0.29) is 0 Å². The Morgan fingerprint density at radius 1 is 1.00 bits per heavy atom. The van der Waals surface area contributed by atoms with Crippen LogP contribution in [-0.4, -0.2) is 5.25 Å². The summed E-state index contributed by atoms with van der Waals surface area (Å²) in [6.07, 6.45) is 8.84. The Hall–Kier alpha value is -2.95. The molecule has 1 heteroatoms. The van der Waals surface area contributed by atoms with Crippen LogP contribution in [0.25, 0.3) is 16.7 Å². The summed E-state index contributed by atoms with van der Waals surface area (Å²) in [4.78, 5) is 1.36. The second-order valence-corrected chi connectivity index (χ2v) is 9.03. The number of benzene rings is 2. The van der Waals surface area contributed by atoms with Gasteiger partial charge in [-0.1, -0.05) is 85.8 Å². The Morgan fingerprint density at radius 3 is 2.63 bits per heavy atom. The van der Waals surface area contributed by atoms with Crippen LogP contribution in [0.4, 0.5) is 0 Å². The maximum atomic E-state index is 3.53. The molecular weight excluding hydrogens is 380 g/mol. The van der Waals surface area contributed by atoms with E-state index in [2.05, 4.69) is 105 Å². The highest BCUT2D eigenvalue weighted by Gasteiger charge is 2.28. The fourth-order valence-corrected chi connectivity index (χ4v) is 5.97. The third-order valence-electron chi connectivity index (χ3n) is 6.07. The second kappa shape index (κ2) is 8.05. The average Bonchev–Trinajstić information content (AvgIpc) is 2.93. The number of hydrogen-bond acceptors (Lipinski definition) is 1. The molecule has 3 aromatic carbocycles. The van der Waals surface area contributed by atoms with Crippen molar-refractivity contribution in [3.8, 4) is 11.1 Å². The summed E-state index contributed by atoms with van der Waals surface area (Å²) in [5, 5.41) is 0.472. The normalized spacial score (nSPS) is 17.5. The summed E-state index contributed by atoms with van der Waals surface area (Å²) in [6, 6.07) is 28.5. The summed E-state index contributed by atoms with van der Waals surface area (Å²) in [6.45, 7) is 4.54. The molecule has 0 saturated heterocycles. The zero-order valence-corrected chi connectivity index (χ0v) is 18.2. The molecule has 1 atom stereocenters. The Labute approximate surface area is 184 Å². The van der Waals surface area contributed by atoms with Gasteiger partial charge < -0.3 is 0 Å². The average molecular weight is 405 g/mol. The van der Waals surface area contributed by atoms with Crippen LogP contribution in [0, 0.1) is 12.1 Å². The molecule has 0 N–H and O–H groups in total. The topological polar surface area (TPSA) is 0 Å². The van der Waals surface area contributed by atoms with Gasteiger partial charge in [0, 0.05) is 21.3 Å². The van der Waals surface area contributed by atoms with E-state index in [9.17, 15) is 0 Å². The van der Waals surface area contributed by atoms with Crippen molar-refractivity contribution >= 4 is 17.3 Å². The lowest BCUT2D eigenvalue weighted by Gasteiger charge is -2.21. The molecule has 1 heterocycles. The molecular formula is C29H24S. The van der Waals surface area contributed by atoms with Gasteiger partial charge in [-0.2, -0.15) is 0 Å². The highest BCUT2D eigenvalue weighted by molar-refractivity contribution is 8.00. The van der Waals surface area contributed by atoms with E-state index in [1.165, 1.54) is 49.4 Å². The minimum absolute atomic E-state index is 0.472. The molecule has 0 amide bonds. The molecule has 146 valence electrons. The molecule has 0 fully saturated rings. The molecule has 1 aliphatic heterocycles. The maximum Gasteiger partial charge on any atom is 0.0382 e. The number of thioether (sulfide) groups is 1. The summed E-state index contributed by atoms with van der Waals surface area (Å²) in [5.41, 5.74) is 10.5. The minimum Gasteiger partial charge on any atom is -0.117 e. The minimum atomic E-state index is 0.472. The van der Waals surface area contributed by atoms with Gasteiger partial charge in [-0.25, -0.2) is 0 Å². The first-order chi connectivity index (χ1) is 14.8. The third kappa shape index (κ3) is 3.22. The van der Waals surface area contributed by atoms with Crippen molar-refractivity contribution < 1.29 is 0 Å². The highest BCUT2D eigenvalue weighted by Crippen LogP contribution is 2.47. The van der Waals surface area contributed by atoms with Crippen LogP contribution in [-0.2, 0) is 6.42 Å². The van der Waals surface area contributed by atoms with Crippen LogP contribution >= 0.6 is 11.8 Å². The van der Waals surface area contributed by atoms with Crippen LogP contribution in [0.2, 0.25) is 0 Å². The van der Waals surface area contributed by atoms with E-state index in [4.69, 9.17) is 0 Å². The van der Waals surface area contributed by atoms with Gasteiger partial charge in [0.2, 0.25) is 0 Å². The zero-order chi connectivity index (χ0) is 20.5. The smallest absolute Gasteiger partial charge is 0.0382 e. The molecule has 30 heavy (non-hydrogen) atoms. The summed E-state index contributed by atoms with van der Waals surface area (Å²) < 4.78 is 0. The molecule has 0 aromatic heterocycles. The molecule has 0 radical (unpaired) electrons. The van der Waals surface area contributed by atoms with E-state index >= 15 is 0 Å². The van der Waals surface area contributed by atoms with Crippen molar-refractivity contribution in [1.82, 2.24) is 0 Å². The van der Waals surface area contributed by atoms with Gasteiger partial charge in [0.15, 0.2) is 0 Å². The molecule has 3 aromatic rings. The van der Waals surface area contributed by atoms with Crippen LogP contribution < -0.4 is 0 Å². The van der Waals surface area contributed by atoms with E-state index in [0.717, 1.165) is 12.8 Å². The lowest BCUT2D eigenvalue weighted by atomic mass is 9.84. The highest BCUT2D eigenvalue weighted by atomic mass is 32.2. The van der Waals surface area contributed by atoms with Crippen molar-refractivity contribution in [2.75, 3.05) is 0 Å². The first-order valence-electron chi connectivity index (χ1n) is 10.6. The number of rotatable bonds is 3. The monoisotopic (exact) mass is 404 g/mol. The largest absolute Gasteiger partial charge is 0.117 e. The van der Waals surface area contributed by atoms with Gasteiger partial charge in [0.05, 0.1) is 0 Å². The van der Waals surface area contributed by atoms with Gasteiger partial charge in [-0.3, -0.25) is 0 Å². The Kier molecular flexibility index (Phi) is 5.11. The zero-order valence-electron chi connectivity index (χ0n) is 17.4. The maximum absolute atomic E-state index is 3.53. The lowest BCUT2D eigenvalue weighted by molar-refractivity contribution is 0.992. The second-order valence-electron chi connectivity index (χ2n) is 7.79. The van der Waals surface area contributed by atoms with Gasteiger partial charge in [0.25, 0.3) is 0 Å². The standard InChI is InChI=1S/C29H24S/c1-3-22-24(21-12-5-4-6-13-21)16-11-17-25(22)29-20(2)23-14-7-9-18-27(23)30-28-19-10-8-15-26(28)29/h4-10,12-16,19,27H,3,18H2,1-2H3/t27-/m1/s1. The number of allylic oxidation sites excluding steroid dienone is 4. The summed E-state index contributed by atoms with van der Waals surface area (Å²) in [7, 11) is 0. The van der Waals surface area contributed by atoms with Crippen molar-refractivity contribution in [3.05, 3.63) is 119 Å². The first-order valence-corrected chi connectivity index (χ1v) is 11.5. The van der Waals surface area contributed by atoms with E-state index in [1.54, 1.807) is 0 Å². The van der Waals surface area contributed by atoms with Gasteiger partial charge in [0.1, 0.15) is 0 Å². The molecule has 5 rings (SSSR count). The van der Waals surface area contributed by atoms with Gasteiger partial charge >= 0.3 is 0 Å². The molecule has 0 saturated carbocycles. The van der Waals surface area contributed by atoms with Crippen molar-refractivity contribution in [1.29, 1.82) is 0 Å². The molecule has 2 aliphatic rings. The van der Waals surface area contributed by atoms with Crippen molar-refractivity contribution in [2.45, 2.75) is 36.8 Å². The third-order valence-corrected chi connectivity index (χ3v) is 7.41. The van der Waals surface area contributed by atoms with E-state index in [0.29, 0.717) is 5.25 Å². The van der Waals surface area contributed by atoms with Crippen LogP contribution in [0.1, 0.15) is 37.0 Å². The molecule has 0 nitrogen and oxygen atoms in total.